The van der Waals surface area contributed by atoms with Gasteiger partial charge in [-0.05, 0) is 54.4 Å². The lowest BCUT2D eigenvalue weighted by Gasteiger charge is -2.33. The summed E-state index contributed by atoms with van der Waals surface area (Å²) < 4.78 is 19.1. The van der Waals surface area contributed by atoms with Crippen LogP contribution < -0.4 is 5.32 Å². The number of allylic oxidation sites excluding steroid dienone is 2. The third kappa shape index (κ3) is 12.5. The first-order valence-electron chi connectivity index (χ1n) is 14.8. The van der Waals surface area contributed by atoms with Crippen molar-refractivity contribution >= 4 is 17.8 Å². The molecule has 0 saturated carbocycles. The molecule has 234 valence electrons. The van der Waals surface area contributed by atoms with Crippen molar-refractivity contribution in [2.24, 2.45) is 17.3 Å². The van der Waals surface area contributed by atoms with Gasteiger partial charge in [-0.25, -0.2) is 4.39 Å². The van der Waals surface area contributed by atoms with Crippen molar-refractivity contribution in [1.29, 1.82) is 0 Å². The van der Waals surface area contributed by atoms with Gasteiger partial charge in [-0.15, -0.1) is 13.2 Å². The molecule has 8 heteroatoms. The molecule has 7 nitrogen and oxygen atoms in total. The van der Waals surface area contributed by atoms with Crippen LogP contribution in [0.4, 0.5) is 4.39 Å². The largest absolute Gasteiger partial charge is 0.463 e. The van der Waals surface area contributed by atoms with Gasteiger partial charge in [-0.1, -0.05) is 75.4 Å². The highest BCUT2D eigenvalue weighted by molar-refractivity contribution is 5.86. The highest BCUT2D eigenvalue weighted by Crippen LogP contribution is 2.23. The maximum absolute atomic E-state index is 13.5. The Labute approximate surface area is 255 Å². The summed E-state index contributed by atoms with van der Waals surface area (Å²) in [5.74, 6) is -2.44. The fourth-order valence-electron chi connectivity index (χ4n) is 4.65. The average molecular weight is 595 g/mol. The summed E-state index contributed by atoms with van der Waals surface area (Å²) in [7, 11) is 0. The summed E-state index contributed by atoms with van der Waals surface area (Å²) in [6, 6.07) is 15.0. The van der Waals surface area contributed by atoms with Gasteiger partial charge in [-0.2, -0.15) is 0 Å². The van der Waals surface area contributed by atoms with Crippen LogP contribution in [0.2, 0.25) is 0 Å². The number of nitrogens with one attached hydrogen (secondary N) is 1. The van der Waals surface area contributed by atoms with Crippen LogP contribution in [0.25, 0.3) is 0 Å². The maximum atomic E-state index is 13.5. The van der Waals surface area contributed by atoms with Gasteiger partial charge >= 0.3 is 5.97 Å². The number of nitrogens with zero attached hydrogens (tertiary/aromatic N) is 1. The standard InChI is InChI=1S/C35H47FN2O5/c1-6-8-15-29(22-26-16-18-30(36)19-17-26)34(42)43-25-31(35(3,4)5)37-33(41)28(12-7-2)23-32(40)38(20-21-39)24-27-13-10-9-11-14-27/h6-7,9-11,13-14,16-19,28-29,31,39H,1-2,8,12,15,20-25H2,3-5H3,(H,37,41). The Morgan fingerprint density at radius 2 is 1.67 bits per heavy atom. The number of hydrogen-bond acceptors (Lipinski definition) is 5. The number of hydrogen-bond donors (Lipinski definition) is 2. The van der Waals surface area contributed by atoms with Crippen LogP contribution >= 0.6 is 0 Å². The fraction of sp³-hybridized carbons (Fsp3) is 0.457. The molecule has 0 aliphatic carbocycles. The number of amides is 2. The van der Waals surface area contributed by atoms with Gasteiger partial charge in [0.25, 0.3) is 0 Å². The summed E-state index contributed by atoms with van der Waals surface area (Å²) in [6.07, 6.45) is 5.13. The molecule has 0 bridgehead atoms. The van der Waals surface area contributed by atoms with E-state index in [1.165, 1.54) is 12.1 Å². The number of esters is 1. The lowest BCUT2D eigenvalue weighted by Crippen LogP contribution is -2.50. The number of ether oxygens (including phenoxy) is 1. The van der Waals surface area contributed by atoms with Crippen molar-refractivity contribution in [3.63, 3.8) is 0 Å². The Balaban J connectivity index is 2.10. The van der Waals surface area contributed by atoms with Crippen LogP contribution in [0, 0.1) is 23.1 Å². The molecule has 0 heterocycles. The Morgan fingerprint density at radius 1 is 1.00 bits per heavy atom. The molecule has 0 aliphatic heterocycles. The van der Waals surface area contributed by atoms with Crippen LogP contribution in [0.3, 0.4) is 0 Å². The van der Waals surface area contributed by atoms with Crippen LogP contribution in [0.5, 0.6) is 0 Å². The van der Waals surface area contributed by atoms with E-state index in [-0.39, 0.29) is 50.2 Å². The zero-order valence-corrected chi connectivity index (χ0v) is 25.8. The summed E-state index contributed by atoms with van der Waals surface area (Å²) in [6.45, 7) is 13.6. The molecule has 3 atom stereocenters. The predicted octanol–water partition coefficient (Wildman–Crippen LogP) is 5.63. The minimum atomic E-state index is -0.679. The van der Waals surface area contributed by atoms with Gasteiger partial charge < -0.3 is 20.1 Å². The quantitative estimate of drug-likeness (QED) is 0.172. The molecule has 2 aromatic rings. The Hall–Kier alpha value is -3.78. The third-order valence-electron chi connectivity index (χ3n) is 7.38. The molecule has 2 amide bonds. The van der Waals surface area contributed by atoms with Crippen molar-refractivity contribution in [3.8, 4) is 0 Å². The first-order valence-corrected chi connectivity index (χ1v) is 14.8. The average Bonchev–Trinajstić information content (AvgIpc) is 2.97. The maximum Gasteiger partial charge on any atom is 0.309 e. The molecule has 43 heavy (non-hydrogen) atoms. The van der Waals surface area contributed by atoms with E-state index in [0.29, 0.717) is 25.8 Å². The van der Waals surface area contributed by atoms with Crippen LogP contribution in [0.1, 0.15) is 57.6 Å². The monoisotopic (exact) mass is 594 g/mol. The van der Waals surface area contributed by atoms with Crippen LogP contribution in [-0.4, -0.2) is 53.6 Å². The Morgan fingerprint density at radius 3 is 2.26 bits per heavy atom. The third-order valence-corrected chi connectivity index (χ3v) is 7.38. The number of carbonyl (C=O) groups is 3. The molecular formula is C35H47FN2O5. The first-order chi connectivity index (χ1) is 20.5. The molecular weight excluding hydrogens is 547 g/mol. The molecule has 0 aliphatic rings. The molecule has 0 saturated heterocycles. The van der Waals surface area contributed by atoms with Crippen molar-refractivity contribution in [3.05, 3.63) is 96.9 Å². The molecule has 0 aromatic heterocycles. The van der Waals surface area contributed by atoms with E-state index in [1.807, 2.05) is 51.1 Å². The highest BCUT2D eigenvalue weighted by Gasteiger charge is 2.32. The number of aliphatic hydroxyl groups is 1. The molecule has 0 spiro atoms. The second kappa shape index (κ2) is 18.0. The summed E-state index contributed by atoms with van der Waals surface area (Å²) in [5, 5.41) is 12.6. The van der Waals surface area contributed by atoms with Crippen molar-refractivity contribution in [1.82, 2.24) is 10.2 Å². The fourth-order valence-corrected chi connectivity index (χ4v) is 4.65. The lowest BCUT2D eigenvalue weighted by atomic mass is 9.86. The number of rotatable bonds is 18. The van der Waals surface area contributed by atoms with E-state index < -0.39 is 29.3 Å². The number of halogens is 1. The van der Waals surface area contributed by atoms with Gasteiger partial charge in [0.15, 0.2) is 0 Å². The van der Waals surface area contributed by atoms with Gasteiger partial charge in [0.1, 0.15) is 12.4 Å². The molecule has 2 N–H and O–H groups in total. The molecule has 2 aromatic carbocycles. The summed E-state index contributed by atoms with van der Waals surface area (Å²) >= 11 is 0. The number of aliphatic hydroxyl groups excluding tert-OH is 1. The number of carbonyl (C=O) groups excluding carboxylic acids is 3. The second-order valence-electron chi connectivity index (χ2n) is 11.9. The van der Waals surface area contributed by atoms with Gasteiger partial charge in [0.2, 0.25) is 11.8 Å². The minimum Gasteiger partial charge on any atom is -0.463 e. The van der Waals surface area contributed by atoms with Crippen molar-refractivity contribution < 1.29 is 28.6 Å². The Kier molecular flexibility index (Phi) is 14.8. The van der Waals surface area contributed by atoms with E-state index in [9.17, 15) is 23.9 Å². The van der Waals surface area contributed by atoms with E-state index >= 15 is 0 Å². The normalized spacial score (nSPS) is 13.3. The van der Waals surface area contributed by atoms with E-state index in [4.69, 9.17) is 4.74 Å². The number of benzene rings is 2. The van der Waals surface area contributed by atoms with E-state index in [2.05, 4.69) is 18.5 Å². The summed E-state index contributed by atoms with van der Waals surface area (Å²) in [4.78, 5) is 41.5. The van der Waals surface area contributed by atoms with Crippen molar-refractivity contribution in [2.75, 3.05) is 19.8 Å². The first kappa shape index (κ1) is 35.4. The molecule has 0 fully saturated rings. The SMILES string of the molecule is C=CCCC(Cc1ccc(F)cc1)C(=O)OCC(NC(=O)C(CC=C)CC(=O)N(CCO)Cc1ccccc1)C(C)(C)C. The second-order valence-corrected chi connectivity index (χ2v) is 11.9. The Bertz CT molecular complexity index is 1180. The predicted molar refractivity (Wildman–Crippen MR) is 167 cm³/mol. The minimum absolute atomic E-state index is 0.0402. The summed E-state index contributed by atoms with van der Waals surface area (Å²) in [5.41, 5.74) is 1.30. The van der Waals surface area contributed by atoms with Gasteiger partial charge in [0.05, 0.1) is 24.5 Å². The molecule has 2 rings (SSSR count). The molecule has 3 unspecified atom stereocenters. The molecule has 0 radical (unpaired) electrons. The van der Waals surface area contributed by atoms with Crippen LogP contribution in [-0.2, 0) is 32.1 Å². The smallest absolute Gasteiger partial charge is 0.309 e. The van der Waals surface area contributed by atoms with Gasteiger partial charge in [0, 0.05) is 19.5 Å². The lowest BCUT2D eigenvalue weighted by molar-refractivity contribution is -0.151. The zero-order chi connectivity index (χ0) is 31.8. The highest BCUT2D eigenvalue weighted by atomic mass is 19.1. The van der Waals surface area contributed by atoms with Crippen molar-refractivity contribution in [2.45, 2.75) is 65.5 Å². The van der Waals surface area contributed by atoms with Gasteiger partial charge in [-0.3, -0.25) is 14.4 Å². The van der Waals surface area contributed by atoms with E-state index in [1.54, 1.807) is 29.2 Å². The topological polar surface area (TPSA) is 95.9 Å². The van der Waals surface area contributed by atoms with Crippen LogP contribution in [0.15, 0.2) is 79.9 Å². The van der Waals surface area contributed by atoms with E-state index in [0.717, 1.165) is 11.1 Å². The zero-order valence-electron chi connectivity index (χ0n) is 25.8.